The van der Waals surface area contributed by atoms with Crippen LogP contribution in [0.5, 0.6) is 0 Å². The lowest BCUT2D eigenvalue weighted by Gasteiger charge is -2.20. The number of carbonyl (C=O) groups excluding carboxylic acids is 1. The summed E-state index contributed by atoms with van der Waals surface area (Å²) < 4.78 is 2.42. The number of hydrogen-bond donors (Lipinski definition) is 2. The van der Waals surface area contributed by atoms with E-state index >= 15 is 0 Å². The molecule has 0 aromatic carbocycles. The molecule has 1 amide bonds. The molecule has 2 aromatic rings. The van der Waals surface area contributed by atoms with Gasteiger partial charge >= 0.3 is 0 Å². The lowest BCUT2D eigenvalue weighted by molar-refractivity contribution is -0.116. The first-order chi connectivity index (χ1) is 11.6. The van der Waals surface area contributed by atoms with Crippen molar-refractivity contribution >= 4 is 34.6 Å². The predicted octanol–water partition coefficient (Wildman–Crippen LogP) is 3.82. The molecule has 8 heteroatoms. The van der Waals surface area contributed by atoms with Crippen molar-refractivity contribution in [1.82, 2.24) is 19.7 Å². The summed E-state index contributed by atoms with van der Waals surface area (Å²) in [6, 6.07) is 0. The van der Waals surface area contributed by atoms with Crippen molar-refractivity contribution in [2.45, 2.75) is 51.4 Å². The van der Waals surface area contributed by atoms with E-state index in [1.807, 2.05) is 17.0 Å². The Hall–Kier alpha value is -1.54. The van der Waals surface area contributed by atoms with Crippen molar-refractivity contribution < 1.29 is 4.79 Å². The smallest absolute Gasteiger partial charge is 0.226 e. The van der Waals surface area contributed by atoms with E-state index in [1.165, 1.54) is 43.4 Å². The molecule has 0 atom stereocenters. The summed E-state index contributed by atoms with van der Waals surface area (Å²) >= 11 is 6.56. The first-order valence-electron chi connectivity index (χ1n) is 8.46. The number of carbonyl (C=O) groups is 1. The Morgan fingerprint density at radius 3 is 2.96 bits per heavy atom. The van der Waals surface area contributed by atoms with E-state index in [9.17, 15) is 4.79 Å². The number of rotatable bonds is 6. The van der Waals surface area contributed by atoms with Crippen LogP contribution in [0.25, 0.3) is 0 Å². The summed E-state index contributed by atoms with van der Waals surface area (Å²) in [6.45, 7) is 0. The molecule has 0 bridgehead atoms. The second kappa shape index (κ2) is 8.02. The van der Waals surface area contributed by atoms with Gasteiger partial charge in [0.1, 0.15) is 5.82 Å². The van der Waals surface area contributed by atoms with Gasteiger partial charge < -0.3 is 9.88 Å². The van der Waals surface area contributed by atoms with E-state index in [0.717, 1.165) is 23.9 Å². The third-order valence-corrected chi connectivity index (χ3v) is 5.79. The number of thiazole rings is 1. The molecule has 130 valence electrons. The fourth-order valence-electron chi connectivity index (χ4n) is 3.14. The Kier molecular flexibility index (Phi) is 5.78. The van der Waals surface area contributed by atoms with Crippen LogP contribution in [0.3, 0.4) is 0 Å². The molecule has 0 unspecified atom stereocenters. The third-order valence-electron chi connectivity index (χ3n) is 4.61. The number of aromatic nitrogens is 4. The van der Waals surface area contributed by atoms with Crippen molar-refractivity contribution in [3.63, 3.8) is 0 Å². The standard InChI is InChI=1S/C16H23N5OS2/c1-21-13(19-20-16(21)23)9-12-10-24-15(17-12)18-14(22)8-7-11-5-3-2-4-6-11/h10-11H,2-9H2,1H3,(H,20,23)(H,17,18,22). The number of H-pyrrole nitrogens is 1. The van der Waals surface area contributed by atoms with Crippen LogP contribution in [-0.4, -0.2) is 25.7 Å². The van der Waals surface area contributed by atoms with E-state index < -0.39 is 0 Å². The van der Waals surface area contributed by atoms with Gasteiger partial charge in [-0.25, -0.2) is 4.98 Å². The number of anilines is 1. The molecule has 0 saturated heterocycles. The zero-order valence-corrected chi connectivity index (χ0v) is 15.5. The number of nitrogens with zero attached hydrogens (tertiary/aromatic N) is 3. The van der Waals surface area contributed by atoms with Gasteiger partial charge in [0.15, 0.2) is 9.90 Å². The highest BCUT2D eigenvalue weighted by Crippen LogP contribution is 2.27. The van der Waals surface area contributed by atoms with Gasteiger partial charge in [0, 0.05) is 18.8 Å². The van der Waals surface area contributed by atoms with Crippen LogP contribution in [0.15, 0.2) is 5.38 Å². The highest BCUT2D eigenvalue weighted by molar-refractivity contribution is 7.71. The molecule has 1 aliphatic rings. The maximum atomic E-state index is 12.1. The average Bonchev–Trinajstić information content (AvgIpc) is 3.15. The minimum absolute atomic E-state index is 0.0691. The molecule has 0 spiro atoms. The molecule has 24 heavy (non-hydrogen) atoms. The van der Waals surface area contributed by atoms with E-state index in [0.29, 0.717) is 22.7 Å². The highest BCUT2D eigenvalue weighted by Gasteiger charge is 2.15. The molecule has 3 rings (SSSR count). The predicted molar refractivity (Wildman–Crippen MR) is 97.8 cm³/mol. The zero-order chi connectivity index (χ0) is 16.9. The summed E-state index contributed by atoms with van der Waals surface area (Å²) in [5.41, 5.74) is 0.889. The van der Waals surface area contributed by atoms with Crippen LogP contribution in [0.1, 0.15) is 56.5 Å². The number of amides is 1. The molecular formula is C16H23N5OS2. The van der Waals surface area contributed by atoms with E-state index in [2.05, 4.69) is 20.5 Å². The summed E-state index contributed by atoms with van der Waals surface area (Å²) in [5, 5.41) is 12.5. The maximum Gasteiger partial charge on any atom is 0.226 e. The SMILES string of the molecule is Cn1c(Cc2csc(NC(=O)CCC3CCCCC3)n2)n[nH]c1=S. The monoisotopic (exact) mass is 365 g/mol. The van der Waals surface area contributed by atoms with Crippen molar-refractivity contribution in [2.24, 2.45) is 13.0 Å². The van der Waals surface area contributed by atoms with Gasteiger partial charge in [-0.3, -0.25) is 9.89 Å². The molecule has 1 saturated carbocycles. The summed E-state index contributed by atoms with van der Waals surface area (Å²) in [7, 11) is 1.88. The molecule has 2 N–H and O–H groups in total. The Labute approximate surface area is 150 Å². The topological polar surface area (TPSA) is 75.6 Å². The van der Waals surface area contributed by atoms with Crippen LogP contribution in [0.2, 0.25) is 0 Å². The minimum atomic E-state index is 0.0691. The largest absolute Gasteiger partial charge is 0.307 e. The molecule has 0 radical (unpaired) electrons. The molecule has 0 aliphatic heterocycles. The Morgan fingerprint density at radius 2 is 2.25 bits per heavy atom. The fraction of sp³-hybridized carbons (Fsp3) is 0.625. The summed E-state index contributed by atoms with van der Waals surface area (Å²) in [6.07, 6.45) is 8.73. The number of aromatic amines is 1. The van der Waals surface area contributed by atoms with Crippen molar-refractivity contribution in [3.05, 3.63) is 21.7 Å². The van der Waals surface area contributed by atoms with Crippen molar-refractivity contribution in [3.8, 4) is 0 Å². The van der Waals surface area contributed by atoms with Gasteiger partial charge in [0.2, 0.25) is 5.91 Å². The second-order valence-electron chi connectivity index (χ2n) is 6.42. The van der Waals surface area contributed by atoms with Gasteiger partial charge in [0.05, 0.1) is 12.1 Å². The lowest BCUT2D eigenvalue weighted by atomic mass is 9.86. The van der Waals surface area contributed by atoms with Gasteiger partial charge in [-0.05, 0) is 24.6 Å². The zero-order valence-electron chi connectivity index (χ0n) is 13.9. The van der Waals surface area contributed by atoms with E-state index in [-0.39, 0.29) is 5.91 Å². The average molecular weight is 366 g/mol. The van der Waals surface area contributed by atoms with Crippen LogP contribution < -0.4 is 5.32 Å². The molecule has 2 aromatic heterocycles. The van der Waals surface area contributed by atoms with Gasteiger partial charge in [-0.2, -0.15) is 5.10 Å². The number of hydrogen-bond acceptors (Lipinski definition) is 5. The molecule has 6 nitrogen and oxygen atoms in total. The Balaban J connectivity index is 1.49. The molecule has 2 heterocycles. The maximum absolute atomic E-state index is 12.1. The third kappa shape index (κ3) is 4.51. The number of nitrogens with one attached hydrogen (secondary N) is 2. The first kappa shape index (κ1) is 17.3. The molecule has 1 fully saturated rings. The van der Waals surface area contributed by atoms with Gasteiger partial charge in [-0.1, -0.05) is 32.1 Å². The summed E-state index contributed by atoms with van der Waals surface area (Å²) in [5.74, 6) is 1.63. The van der Waals surface area contributed by atoms with Crippen LogP contribution in [0, 0.1) is 10.7 Å². The molecule has 1 aliphatic carbocycles. The Bertz CT molecular complexity index is 742. The van der Waals surface area contributed by atoms with Crippen LogP contribution in [-0.2, 0) is 18.3 Å². The van der Waals surface area contributed by atoms with Gasteiger partial charge in [0.25, 0.3) is 0 Å². The van der Waals surface area contributed by atoms with Crippen molar-refractivity contribution in [2.75, 3.05) is 5.32 Å². The van der Waals surface area contributed by atoms with Gasteiger partial charge in [-0.15, -0.1) is 11.3 Å². The molecular weight excluding hydrogens is 342 g/mol. The highest BCUT2D eigenvalue weighted by atomic mass is 32.1. The fourth-order valence-corrected chi connectivity index (χ4v) is 4.02. The van der Waals surface area contributed by atoms with Crippen LogP contribution >= 0.6 is 23.6 Å². The normalized spacial score (nSPS) is 15.5. The van der Waals surface area contributed by atoms with Crippen LogP contribution in [0.4, 0.5) is 5.13 Å². The van der Waals surface area contributed by atoms with E-state index in [4.69, 9.17) is 12.2 Å². The minimum Gasteiger partial charge on any atom is -0.307 e. The Morgan fingerprint density at radius 1 is 1.46 bits per heavy atom. The van der Waals surface area contributed by atoms with Crippen molar-refractivity contribution in [1.29, 1.82) is 0 Å². The second-order valence-corrected chi connectivity index (χ2v) is 7.66. The summed E-state index contributed by atoms with van der Waals surface area (Å²) in [4.78, 5) is 16.6. The first-order valence-corrected chi connectivity index (χ1v) is 9.75. The lowest BCUT2D eigenvalue weighted by Crippen LogP contribution is -2.14. The van der Waals surface area contributed by atoms with E-state index in [1.54, 1.807) is 0 Å². The quantitative estimate of drug-likeness (QED) is 0.763.